The van der Waals surface area contributed by atoms with E-state index in [1.54, 1.807) is 17.5 Å². The standard InChI is InChI=1S/C12H14ClN3S/c1-9(8-10-4-3-7-17-10)16(2)11-5-6-14-12(13)15-11/h3-7,9H,8H2,1-2H3. The molecule has 0 radical (unpaired) electrons. The van der Waals surface area contributed by atoms with Crippen LogP contribution in [0.25, 0.3) is 0 Å². The third-order valence-electron chi connectivity index (χ3n) is 2.71. The summed E-state index contributed by atoms with van der Waals surface area (Å²) in [6, 6.07) is 6.48. The lowest BCUT2D eigenvalue weighted by Crippen LogP contribution is -2.31. The molecule has 0 N–H and O–H groups in total. The lowest BCUT2D eigenvalue weighted by molar-refractivity contribution is 0.679. The molecule has 0 bridgehead atoms. The van der Waals surface area contributed by atoms with Crippen molar-refractivity contribution in [2.45, 2.75) is 19.4 Å². The summed E-state index contributed by atoms with van der Waals surface area (Å²) in [5, 5.41) is 2.39. The third kappa shape index (κ3) is 3.17. The maximum atomic E-state index is 5.79. The fourth-order valence-electron chi connectivity index (χ4n) is 1.61. The van der Waals surface area contributed by atoms with Crippen LogP contribution in [-0.4, -0.2) is 23.1 Å². The molecule has 2 heterocycles. The van der Waals surface area contributed by atoms with E-state index in [0.717, 1.165) is 12.2 Å². The average molecular weight is 268 g/mol. The molecule has 0 fully saturated rings. The number of rotatable bonds is 4. The van der Waals surface area contributed by atoms with Gasteiger partial charge in [0.2, 0.25) is 5.28 Å². The summed E-state index contributed by atoms with van der Waals surface area (Å²) in [4.78, 5) is 11.6. The molecule has 1 atom stereocenters. The van der Waals surface area contributed by atoms with Crippen molar-refractivity contribution in [2.24, 2.45) is 0 Å². The van der Waals surface area contributed by atoms with Gasteiger partial charge in [0.25, 0.3) is 0 Å². The van der Waals surface area contributed by atoms with Gasteiger partial charge in [-0.3, -0.25) is 0 Å². The highest BCUT2D eigenvalue weighted by molar-refractivity contribution is 7.09. The Kier molecular flexibility index (Phi) is 3.97. The van der Waals surface area contributed by atoms with Gasteiger partial charge in [-0.05, 0) is 36.0 Å². The third-order valence-corrected chi connectivity index (χ3v) is 3.79. The molecule has 0 aliphatic rings. The Labute approximate surface area is 110 Å². The second kappa shape index (κ2) is 5.47. The molecule has 5 heteroatoms. The molecule has 2 aromatic heterocycles. The normalized spacial score (nSPS) is 12.4. The van der Waals surface area contributed by atoms with Crippen molar-refractivity contribution in [3.8, 4) is 0 Å². The smallest absolute Gasteiger partial charge is 0.224 e. The van der Waals surface area contributed by atoms with Crippen molar-refractivity contribution in [3.63, 3.8) is 0 Å². The maximum absolute atomic E-state index is 5.79. The molecular formula is C12H14ClN3S. The van der Waals surface area contributed by atoms with Gasteiger partial charge in [-0.1, -0.05) is 6.07 Å². The second-order valence-electron chi connectivity index (χ2n) is 3.93. The highest BCUT2D eigenvalue weighted by Crippen LogP contribution is 2.18. The van der Waals surface area contributed by atoms with Gasteiger partial charge in [-0.2, -0.15) is 0 Å². The zero-order chi connectivity index (χ0) is 12.3. The monoisotopic (exact) mass is 267 g/mol. The lowest BCUT2D eigenvalue weighted by atomic mass is 10.2. The molecule has 0 aliphatic carbocycles. The Morgan fingerprint density at radius 2 is 2.29 bits per heavy atom. The Hall–Kier alpha value is -1.13. The topological polar surface area (TPSA) is 29.0 Å². The predicted octanol–water partition coefficient (Wildman–Crippen LogP) is 3.26. The van der Waals surface area contributed by atoms with Crippen molar-refractivity contribution >= 4 is 28.8 Å². The summed E-state index contributed by atoms with van der Waals surface area (Å²) in [5.41, 5.74) is 0. The van der Waals surface area contributed by atoms with Crippen molar-refractivity contribution in [1.29, 1.82) is 0 Å². The van der Waals surface area contributed by atoms with Crippen LogP contribution in [0.2, 0.25) is 5.28 Å². The van der Waals surface area contributed by atoms with E-state index in [9.17, 15) is 0 Å². The number of hydrogen-bond donors (Lipinski definition) is 0. The van der Waals surface area contributed by atoms with Crippen LogP contribution in [-0.2, 0) is 6.42 Å². The van der Waals surface area contributed by atoms with Crippen LogP contribution in [0.5, 0.6) is 0 Å². The lowest BCUT2D eigenvalue weighted by Gasteiger charge is -2.25. The summed E-state index contributed by atoms with van der Waals surface area (Å²) in [5.74, 6) is 0.856. The number of halogens is 1. The predicted molar refractivity (Wildman–Crippen MR) is 72.9 cm³/mol. The minimum atomic E-state index is 0.290. The summed E-state index contributed by atoms with van der Waals surface area (Å²) in [6.45, 7) is 2.18. The van der Waals surface area contributed by atoms with E-state index >= 15 is 0 Å². The number of thiophene rings is 1. The first-order valence-electron chi connectivity index (χ1n) is 5.40. The summed E-state index contributed by atoms with van der Waals surface area (Å²) in [6.07, 6.45) is 2.69. The van der Waals surface area contributed by atoms with Gasteiger partial charge in [0.15, 0.2) is 0 Å². The van der Waals surface area contributed by atoms with Crippen LogP contribution in [0, 0.1) is 0 Å². The van der Waals surface area contributed by atoms with Crippen molar-refractivity contribution in [3.05, 3.63) is 39.9 Å². The van der Waals surface area contributed by atoms with Crippen LogP contribution in [0.15, 0.2) is 29.8 Å². The Morgan fingerprint density at radius 3 is 2.94 bits per heavy atom. The first-order valence-corrected chi connectivity index (χ1v) is 6.66. The molecule has 17 heavy (non-hydrogen) atoms. The fraction of sp³-hybridized carbons (Fsp3) is 0.333. The van der Waals surface area contributed by atoms with E-state index in [1.807, 2.05) is 13.1 Å². The van der Waals surface area contributed by atoms with E-state index in [1.165, 1.54) is 4.88 Å². The molecular weight excluding hydrogens is 254 g/mol. The van der Waals surface area contributed by atoms with Gasteiger partial charge in [0.1, 0.15) is 5.82 Å². The molecule has 0 amide bonds. The summed E-state index contributed by atoms with van der Waals surface area (Å²) < 4.78 is 0. The van der Waals surface area contributed by atoms with Gasteiger partial charge in [0.05, 0.1) is 0 Å². The van der Waals surface area contributed by atoms with Crippen molar-refractivity contribution < 1.29 is 0 Å². The van der Waals surface area contributed by atoms with E-state index < -0.39 is 0 Å². The number of likely N-dealkylation sites (N-methyl/N-ethyl adjacent to an activating group) is 1. The molecule has 0 spiro atoms. The SMILES string of the molecule is CC(Cc1cccs1)N(C)c1ccnc(Cl)n1. The maximum Gasteiger partial charge on any atom is 0.224 e. The molecule has 1 unspecified atom stereocenters. The minimum Gasteiger partial charge on any atom is -0.356 e. The molecule has 0 aliphatic heterocycles. The van der Waals surface area contributed by atoms with E-state index in [2.05, 4.69) is 39.3 Å². The largest absolute Gasteiger partial charge is 0.356 e. The highest BCUT2D eigenvalue weighted by Gasteiger charge is 2.12. The Morgan fingerprint density at radius 1 is 1.47 bits per heavy atom. The molecule has 0 saturated heterocycles. The minimum absolute atomic E-state index is 0.290. The number of nitrogens with zero attached hydrogens (tertiary/aromatic N) is 3. The summed E-state index contributed by atoms with van der Waals surface area (Å²) in [7, 11) is 2.02. The summed E-state index contributed by atoms with van der Waals surface area (Å²) >= 11 is 7.57. The zero-order valence-corrected chi connectivity index (χ0v) is 11.4. The van der Waals surface area contributed by atoms with E-state index in [-0.39, 0.29) is 5.28 Å². The van der Waals surface area contributed by atoms with Crippen LogP contribution in [0.1, 0.15) is 11.8 Å². The van der Waals surface area contributed by atoms with Crippen LogP contribution in [0.3, 0.4) is 0 Å². The molecule has 90 valence electrons. The zero-order valence-electron chi connectivity index (χ0n) is 9.80. The molecule has 2 aromatic rings. The highest BCUT2D eigenvalue weighted by atomic mass is 35.5. The first kappa shape index (κ1) is 12.3. The Balaban J connectivity index is 2.06. The number of anilines is 1. The number of aromatic nitrogens is 2. The van der Waals surface area contributed by atoms with Crippen LogP contribution < -0.4 is 4.90 Å². The quantitative estimate of drug-likeness (QED) is 0.797. The van der Waals surface area contributed by atoms with Gasteiger partial charge in [-0.15, -0.1) is 11.3 Å². The van der Waals surface area contributed by atoms with Gasteiger partial charge in [0, 0.05) is 30.6 Å². The number of hydrogen-bond acceptors (Lipinski definition) is 4. The molecule has 2 rings (SSSR count). The van der Waals surface area contributed by atoms with E-state index in [0.29, 0.717) is 6.04 Å². The van der Waals surface area contributed by atoms with Crippen molar-refractivity contribution in [2.75, 3.05) is 11.9 Å². The molecule has 0 saturated carbocycles. The Bertz CT molecular complexity index is 472. The fourth-order valence-corrected chi connectivity index (χ4v) is 2.57. The second-order valence-corrected chi connectivity index (χ2v) is 5.30. The molecule has 3 nitrogen and oxygen atoms in total. The van der Waals surface area contributed by atoms with Crippen molar-refractivity contribution in [1.82, 2.24) is 9.97 Å². The van der Waals surface area contributed by atoms with Gasteiger partial charge in [-0.25, -0.2) is 9.97 Å². The first-order chi connectivity index (χ1) is 8.16. The van der Waals surface area contributed by atoms with Gasteiger partial charge >= 0.3 is 0 Å². The average Bonchev–Trinajstić information content (AvgIpc) is 2.80. The van der Waals surface area contributed by atoms with Crippen LogP contribution in [0.4, 0.5) is 5.82 Å². The van der Waals surface area contributed by atoms with Crippen LogP contribution >= 0.6 is 22.9 Å². The van der Waals surface area contributed by atoms with Gasteiger partial charge < -0.3 is 4.90 Å². The molecule has 0 aromatic carbocycles. The van der Waals surface area contributed by atoms with E-state index in [4.69, 9.17) is 11.6 Å².